The van der Waals surface area contributed by atoms with Crippen LogP contribution in [0.5, 0.6) is 0 Å². The number of ketones is 1. The molecule has 0 saturated heterocycles. The molecule has 0 atom stereocenters. The maximum Gasteiger partial charge on any atom is 0.182 e. The first-order chi connectivity index (χ1) is 9.06. The fourth-order valence-electron chi connectivity index (χ4n) is 1.83. The molecule has 0 aliphatic heterocycles. The summed E-state index contributed by atoms with van der Waals surface area (Å²) in [6, 6.07) is 15.6. The second kappa shape index (κ2) is 6.02. The van der Waals surface area contributed by atoms with E-state index in [2.05, 4.69) is 35.0 Å². The number of rotatable bonds is 4. The second-order valence-corrected chi connectivity index (χ2v) is 5.54. The number of aryl methyl sites for hydroxylation is 1. The second-order valence-electron chi connectivity index (χ2n) is 4.62. The summed E-state index contributed by atoms with van der Waals surface area (Å²) in [5.41, 5.74) is 3.01. The van der Waals surface area contributed by atoms with Gasteiger partial charge in [-0.3, -0.25) is 4.79 Å². The van der Waals surface area contributed by atoms with E-state index in [1.165, 1.54) is 5.56 Å². The van der Waals surface area contributed by atoms with Crippen LogP contribution in [-0.4, -0.2) is 19.4 Å². The normalized spacial score (nSPS) is 10.3. The average molecular weight is 318 g/mol. The van der Waals surface area contributed by atoms with Crippen molar-refractivity contribution in [3.8, 4) is 0 Å². The third-order valence-corrected chi connectivity index (χ3v) is 3.55. The van der Waals surface area contributed by atoms with Gasteiger partial charge in [0.1, 0.15) is 0 Å². The quantitative estimate of drug-likeness (QED) is 0.792. The van der Waals surface area contributed by atoms with Crippen molar-refractivity contribution in [3.05, 3.63) is 64.1 Å². The van der Waals surface area contributed by atoms with Crippen molar-refractivity contribution in [2.24, 2.45) is 0 Å². The van der Waals surface area contributed by atoms with Gasteiger partial charge in [0.25, 0.3) is 0 Å². The Balaban J connectivity index is 2.06. The Morgan fingerprint density at radius 3 is 2.21 bits per heavy atom. The molecular formula is C16H16BrNO. The summed E-state index contributed by atoms with van der Waals surface area (Å²) in [6.07, 6.45) is 0. The predicted molar refractivity (Wildman–Crippen MR) is 82.9 cm³/mol. The molecule has 3 heteroatoms. The van der Waals surface area contributed by atoms with Crippen LogP contribution in [0.1, 0.15) is 15.9 Å². The predicted octanol–water partition coefficient (Wildman–Crippen LogP) is 4.08. The van der Waals surface area contributed by atoms with Crippen molar-refractivity contribution in [1.82, 2.24) is 0 Å². The van der Waals surface area contributed by atoms with Crippen LogP contribution in [0.3, 0.4) is 0 Å². The monoisotopic (exact) mass is 317 g/mol. The minimum atomic E-state index is 0.121. The molecule has 0 bridgehead atoms. The minimum absolute atomic E-state index is 0.121. The summed E-state index contributed by atoms with van der Waals surface area (Å²) < 4.78 is 0.982. The molecule has 2 aromatic carbocycles. The van der Waals surface area contributed by atoms with Crippen LogP contribution >= 0.6 is 15.9 Å². The van der Waals surface area contributed by atoms with Gasteiger partial charge in [-0.1, -0.05) is 45.8 Å². The molecule has 0 spiro atoms. The SMILES string of the molecule is Cc1ccc(N(C)CC(=O)c2ccc(Br)cc2)cc1. The smallest absolute Gasteiger partial charge is 0.182 e. The highest BCUT2D eigenvalue weighted by molar-refractivity contribution is 9.10. The molecule has 2 rings (SSSR count). The van der Waals surface area contributed by atoms with Crippen LogP contribution in [0.4, 0.5) is 5.69 Å². The van der Waals surface area contributed by atoms with Crippen LogP contribution in [0.25, 0.3) is 0 Å². The summed E-state index contributed by atoms with van der Waals surface area (Å²) in [6.45, 7) is 2.43. The van der Waals surface area contributed by atoms with Crippen molar-refractivity contribution >= 4 is 27.4 Å². The van der Waals surface area contributed by atoms with Crippen molar-refractivity contribution in [3.63, 3.8) is 0 Å². The van der Waals surface area contributed by atoms with Crippen LogP contribution in [-0.2, 0) is 0 Å². The fraction of sp³-hybridized carbons (Fsp3) is 0.188. The van der Waals surface area contributed by atoms with Gasteiger partial charge in [-0.25, -0.2) is 0 Å². The van der Waals surface area contributed by atoms with Crippen LogP contribution in [0.2, 0.25) is 0 Å². The van der Waals surface area contributed by atoms with E-state index >= 15 is 0 Å². The Labute approximate surface area is 122 Å². The maximum absolute atomic E-state index is 12.1. The van der Waals surface area contributed by atoms with Gasteiger partial charge in [-0.2, -0.15) is 0 Å². The lowest BCUT2D eigenvalue weighted by Crippen LogP contribution is -2.25. The zero-order valence-corrected chi connectivity index (χ0v) is 12.6. The first-order valence-corrected chi connectivity index (χ1v) is 6.92. The van der Waals surface area contributed by atoms with Gasteiger partial charge in [0.05, 0.1) is 6.54 Å². The number of carbonyl (C=O) groups excluding carboxylic acids is 1. The Hall–Kier alpha value is -1.61. The molecule has 0 radical (unpaired) electrons. The zero-order valence-electron chi connectivity index (χ0n) is 11.1. The fourth-order valence-corrected chi connectivity index (χ4v) is 2.10. The first-order valence-electron chi connectivity index (χ1n) is 6.13. The van der Waals surface area contributed by atoms with E-state index in [1.54, 1.807) is 0 Å². The molecule has 0 aliphatic rings. The largest absolute Gasteiger partial charge is 0.367 e. The van der Waals surface area contributed by atoms with Gasteiger partial charge in [0.15, 0.2) is 5.78 Å². The number of nitrogens with zero attached hydrogens (tertiary/aromatic N) is 1. The van der Waals surface area contributed by atoms with Gasteiger partial charge < -0.3 is 4.90 Å². The first kappa shape index (κ1) is 13.8. The number of likely N-dealkylation sites (N-methyl/N-ethyl adjacent to an activating group) is 1. The van der Waals surface area contributed by atoms with Crippen LogP contribution in [0, 0.1) is 6.92 Å². The summed E-state index contributed by atoms with van der Waals surface area (Å²) in [5, 5.41) is 0. The number of hydrogen-bond donors (Lipinski definition) is 0. The van der Waals surface area contributed by atoms with Crippen molar-refractivity contribution in [1.29, 1.82) is 0 Å². The molecule has 0 unspecified atom stereocenters. The van der Waals surface area contributed by atoms with Crippen molar-refractivity contribution in [2.75, 3.05) is 18.5 Å². The van der Waals surface area contributed by atoms with E-state index < -0.39 is 0 Å². The van der Waals surface area contributed by atoms with Gasteiger partial charge in [-0.05, 0) is 31.2 Å². The molecule has 0 saturated carbocycles. The average Bonchev–Trinajstić information content (AvgIpc) is 2.40. The van der Waals surface area contributed by atoms with Crippen LogP contribution < -0.4 is 4.90 Å². The third-order valence-electron chi connectivity index (χ3n) is 3.02. The van der Waals surface area contributed by atoms with E-state index in [1.807, 2.05) is 48.3 Å². The number of hydrogen-bond acceptors (Lipinski definition) is 2. The van der Waals surface area contributed by atoms with Gasteiger partial charge in [0, 0.05) is 22.8 Å². The molecule has 0 fully saturated rings. The molecule has 0 aromatic heterocycles. The van der Waals surface area contributed by atoms with E-state index in [4.69, 9.17) is 0 Å². The Bertz CT molecular complexity index is 560. The highest BCUT2D eigenvalue weighted by Gasteiger charge is 2.09. The van der Waals surface area contributed by atoms with E-state index in [0.717, 1.165) is 15.7 Å². The van der Waals surface area contributed by atoms with Crippen molar-refractivity contribution < 1.29 is 4.79 Å². The molecule has 0 aliphatic carbocycles. The maximum atomic E-state index is 12.1. The summed E-state index contributed by atoms with van der Waals surface area (Å²) in [7, 11) is 1.93. The molecule has 0 N–H and O–H groups in total. The number of Topliss-reactive ketones (excluding diaryl/α,β-unsaturated/α-hetero) is 1. The summed E-state index contributed by atoms with van der Waals surface area (Å²) in [4.78, 5) is 14.1. The number of halogens is 1. The highest BCUT2D eigenvalue weighted by Crippen LogP contribution is 2.15. The molecule has 2 nitrogen and oxygen atoms in total. The molecular weight excluding hydrogens is 302 g/mol. The standard InChI is InChI=1S/C16H16BrNO/c1-12-3-9-15(10-4-12)18(2)11-16(19)13-5-7-14(17)8-6-13/h3-10H,11H2,1-2H3. The zero-order chi connectivity index (χ0) is 13.8. The van der Waals surface area contributed by atoms with Gasteiger partial charge >= 0.3 is 0 Å². The van der Waals surface area contributed by atoms with E-state index in [-0.39, 0.29) is 5.78 Å². The Kier molecular flexibility index (Phi) is 4.38. The van der Waals surface area contributed by atoms with E-state index in [0.29, 0.717) is 6.54 Å². The van der Waals surface area contributed by atoms with E-state index in [9.17, 15) is 4.79 Å². The van der Waals surface area contributed by atoms with Crippen molar-refractivity contribution in [2.45, 2.75) is 6.92 Å². The minimum Gasteiger partial charge on any atom is -0.367 e. The lowest BCUT2D eigenvalue weighted by Gasteiger charge is -2.18. The third kappa shape index (κ3) is 3.67. The topological polar surface area (TPSA) is 20.3 Å². The lowest BCUT2D eigenvalue weighted by atomic mass is 10.1. The molecule has 2 aromatic rings. The number of carbonyl (C=O) groups is 1. The number of anilines is 1. The summed E-state index contributed by atoms with van der Waals surface area (Å²) >= 11 is 3.37. The Morgan fingerprint density at radius 2 is 1.63 bits per heavy atom. The number of benzene rings is 2. The molecule has 0 amide bonds. The summed E-state index contributed by atoms with van der Waals surface area (Å²) in [5.74, 6) is 0.121. The van der Waals surface area contributed by atoms with Gasteiger partial charge in [0.2, 0.25) is 0 Å². The van der Waals surface area contributed by atoms with Crippen LogP contribution in [0.15, 0.2) is 53.0 Å². The molecule has 0 heterocycles. The molecule has 19 heavy (non-hydrogen) atoms. The lowest BCUT2D eigenvalue weighted by molar-refractivity contribution is 0.100. The van der Waals surface area contributed by atoms with Gasteiger partial charge in [-0.15, -0.1) is 0 Å². The molecule has 98 valence electrons. The highest BCUT2D eigenvalue weighted by atomic mass is 79.9. The Morgan fingerprint density at radius 1 is 1.05 bits per heavy atom.